The van der Waals surface area contributed by atoms with Gasteiger partial charge in [-0.2, -0.15) is 36.9 Å². The Bertz CT molecular complexity index is 4020. The molecule has 8 heterocycles. The maximum atomic E-state index is 14.0. The van der Waals surface area contributed by atoms with Crippen molar-refractivity contribution in [2.24, 2.45) is 11.8 Å². The van der Waals surface area contributed by atoms with E-state index in [9.17, 15) is 55.1 Å². The Balaban J connectivity index is 0.000000329. The Morgan fingerprint density at radius 1 is 0.519 bits per heavy atom. The van der Waals surface area contributed by atoms with E-state index in [4.69, 9.17) is 15.6 Å². The number of nitriles is 2. The van der Waals surface area contributed by atoms with E-state index in [1.54, 1.807) is 46.2 Å². The van der Waals surface area contributed by atoms with Gasteiger partial charge < -0.3 is 51.0 Å². The molecule has 10 rings (SSSR count). The number of nitrogens with zero attached hydrogens (tertiary/aromatic N) is 14. The van der Waals surface area contributed by atoms with Gasteiger partial charge in [-0.3, -0.25) is 19.2 Å². The third-order valence-electron chi connectivity index (χ3n) is 19.4. The summed E-state index contributed by atoms with van der Waals surface area (Å²) >= 11 is 0. The molecule has 0 bridgehead atoms. The molecule has 4 fully saturated rings. The number of esters is 1. The summed E-state index contributed by atoms with van der Waals surface area (Å²) < 4.78 is 88.8. The number of aryl methyl sites for hydroxylation is 4. The van der Waals surface area contributed by atoms with Gasteiger partial charge in [0.2, 0.25) is 23.5 Å². The summed E-state index contributed by atoms with van der Waals surface area (Å²) in [6.45, 7) is 3.85. The van der Waals surface area contributed by atoms with E-state index in [-0.39, 0.29) is 87.9 Å². The van der Waals surface area contributed by atoms with Crippen molar-refractivity contribution in [2.75, 3.05) is 79.1 Å². The topological polar surface area (TPSA) is 381 Å². The van der Waals surface area contributed by atoms with Crippen molar-refractivity contribution in [1.29, 1.82) is 10.5 Å². The predicted octanol–water partition coefficient (Wildman–Crippen LogP) is 7.19. The third kappa shape index (κ3) is 26.3. The molecule has 2 amide bonds. The average Bonchev–Trinajstić information content (AvgIpc) is 1.46. The van der Waals surface area contributed by atoms with E-state index < -0.39 is 48.0 Å². The second kappa shape index (κ2) is 42.7. The Kier molecular flexibility index (Phi) is 34.5. The van der Waals surface area contributed by atoms with Gasteiger partial charge in [-0.05, 0) is 175 Å². The van der Waals surface area contributed by atoms with Gasteiger partial charge in [0.15, 0.2) is 23.0 Å². The number of piperidine rings is 2. The standard InChI is InChI=1S/C38H45F3N8O4.C37H43F3N8O4.Li.2H2O/c1-53-36(52)29-16-20-43-32(45-29)10-4-19-44-35(51)11-3-7-27-17-22-48(23-18-27)33-24-34(47-37(46-33)38(39,40)41)49-21-5-8-30(49)31(50)9-2-6-26-12-14-28(25-42)15-13-26;38-37(39,40)36-45-32(23-33(46-36)48-20-4-7-29(48)30(49)8-1-5-25-11-13-27(24-41)14-12-25)47-21-16-26(17-22-47)6-2-10-34(50)43-18-3-9-31-42-19-15-28(44-31)35(51)52;;;/h12-16,20,24,27,30H,2-11,17-19,21-23H2,1H3,(H,44,51);11-15,19,23,26,29H,1-10,16-18,20-22H2,(H,43,50)(H,51,52);;2*1H2/q;;+1;;/p-1/t30-;29-;;;/m00.../s1. The van der Waals surface area contributed by atoms with Gasteiger partial charge in [-0.1, -0.05) is 24.3 Å². The van der Waals surface area contributed by atoms with E-state index in [1.165, 1.54) is 31.6 Å². The first-order valence-corrected chi connectivity index (χ1v) is 36.0. The minimum atomic E-state index is -4.75. The van der Waals surface area contributed by atoms with E-state index in [0.717, 1.165) is 49.7 Å². The van der Waals surface area contributed by atoms with E-state index in [0.29, 0.717) is 203 Å². The van der Waals surface area contributed by atoms with Gasteiger partial charge in [0.1, 0.15) is 34.9 Å². The molecular weight excluding hydrogens is 1410 g/mol. The van der Waals surface area contributed by atoms with Crippen LogP contribution in [-0.4, -0.2) is 163 Å². The van der Waals surface area contributed by atoms with Crippen molar-refractivity contribution in [1.82, 2.24) is 50.5 Å². The summed E-state index contributed by atoms with van der Waals surface area (Å²) in [5.41, 5.74) is 3.29. The fraction of sp³-hybridized carbons (Fsp3) is 0.520. The number of methoxy groups -OCH3 is 1. The van der Waals surface area contributed by atoms with Crippen LogP contribution in [0.25, 0.3) is 0 Å². The summed E-state index contributed by atoms with van der Waals surface area (Å²) in [5.74, 6) is -2.00. The number of aromatic carboxylic acids is 1. The average molecular weight is 1500 g/mol. The molecule has 6 aromatic rings. The van der Waals surface area contributed by atoms with Crippen LogP contribution in [0.2, 0.25) is 0 Å². The number of rotatable bonds is 32. The molecule has 574 valence electrons. The molecule has 33 heteroatoms. The molecule has 2 atom stereocenters. The van der Waals surface area contributed by atoms with Crippen LogP contribution in [-0.2, 0) is 62.0 Å². The number of Topliss-reactive ketones (excluding diaryl/α,β-unsaturated/α-hetero) is 2. The SMILES string of the molecule is COC(=O)c1ccnc(CCCNC(=O)CCCC2CCN(c3cc(N4CCC[C@H]4C(=O)CCCc4ccc(C#N)cc4)nc(C(F)(F)F)n3)CC2)n1.N#Cc1ccc(CCCC(=O)[C@@H]2CCCN2c2cc(N3CCC(CCCC(=O)NCCCc4nccc(C(=O)O)n4)CC3)nc(C(F)(F)F)n2)cc1.O.[Li+].[OH-]. The molecule has 0 radical (unpaired) electrons. The number of nitrogens with one attached hydrogen (secondary N) is 2. The fourth-order valence-corrected chi connectivity index (χ4v) is 13.7. The maximum Gasteiger partial charge on any atom is 1.00 e. The van der Waals surface area contributed by atoms with Crippen molar-refractivity contribution in [3.63, 3.8) is 0 Å². The van der Waals surface area contributed by atoms with Gasteiger partial charge in [0.25, 0.3) is 0 Å². The van der Waals surface area contributed by atoms with Gasteiger partial charge in [-0.25, -0.2) is 49.5 Å². The number of alkyl halides is 6. The van der Waals surface area contributed by atoms with Crippen molar-refractivity contribution in [3.05, 3.63) is 142 Å². The number of aromatic nitrogens is 8. The van der Waals surface area contributed by atoms with Crippen molar-refractivity contribution in [3.8, 4) is 12.1 Å². The van der Waals surface area contributed by atoms with Crippen LogP contribution in [0.15, 0.2) is 85.2 Å². The number of hydrogen-bond acceptors (Lipinski definition) is 22. The summed E-state index contributed by atoms with van der Waals surface area (Å²) in [6.07, 6.45) is 7.93. The number of carbonyl (C=O) groups excluding carboxylic acids is 5. The third-order valence-corrected chi connectivity index (χ3v) is 19.4. The second-order valence-corrected chi connectivity index (χ2v) is 26.8. The Morgan fingerprint density at radius 3 is 1.29 bits per heavy atom. The van der Waals surface area contributed by atoms with E-state index >= 15 is 0 Å². The molecule has 26 nitrogen and oxygen atoms in total. The molecule has 4 aliphatic rings. The Labute approximate surface area is 635 Å². The van der Waals surface area contributed by atoms with Crippen LogP contribution in [0, 0.1) is 34.5 Å². The first-order valence-electron chi connectivity index (χ1n) is 36.0. The zero-order chi connectivity index (χ0) is 74.9. The van der Waals surface area contributed by atoms with Crippen LogP contribution < -0.4 is 49.1 Å². The van der Waals surface area contributed by atoms with Crippen LogP contribution in [0.3, 0.4) is 0 Å². The molecule has 4 aliphatic heterocycles. The van der Waals surface area contributed by atoms with Crippen molar-refractivity contribution in [2.45, 2.75) is 179 Å². The molecule has 0 unspecified atom stereocenters. The summed E-state index contributed by atoms with van der Waals surface area (Å²) in [7, 11) is 1.29. The van der Waals surface area contributed by atoms with Gasteiger partial charge >= 0.3 is 43.2 Å². The first-order chi connectivity index (χ1) is 50.5. The molecule has 2 aromatic carbocycles. The summed E-state index contributed by atoms with van der Waals surface area (Å²) in [5, 5.41) is 32.8. The number of amides is 2. The molecule has 0 aliphatic carbocycles. The van der Waals surface area contributed by atoms with Crippen LogP contribution in [0.1, 0.15) is 195 Å². The Hall–Kier alpha value is -9.74. The minimum absolute atomic E-state index is 0. The second-order valence-electron chi connectivity index (χ2n) is 26.8. The number of carboxylic acids is 1. The number of benzene rings is 2. The first kappa shape index (κ1) is 87.2. The number of anilines is 4. The van der Waals surface area contributed by atoms with E-state index in [1.807, 2.05) is 34.1 Å². The molecule has 6 N–H and O–H groups in total. The predicted molar refractivity (Wildman–Crippen MR) is 381 cm³/mol. The zero-order valence-electron chi connectivity index (χ0n) is 60.8. The molecule has 4 saturated heterocycles. The van der Waals surface area contributed by atoms with Crippen LogP contribution >= 0.6 is 0 Å². The fourth-order valence-electron chi connectivity index (χ4n) is 13.7. The smallest absolute Gasteiger partial charge is 0.870 e. The number of carboxylic acid groups (broad SMARTS) is 1. The molecular formula is C75H91F6LiN16O10. The zero-order valence-corrected chi connectivity index (χ0v) is 60.8. The minimum Gasteiger partial charge on any atom is -0.870 e. The normalized spacial score (nSPS) is 15.9. The quantitative estimate of drug-likeness (QED) is 0.0163. The number of ketones is 2. The van der Waals surface area contributed by atoms with E-state index in [2.05, 4.69) is 67.4 Å². The van der Waals surface area contributed by atoms with Crippen molar-refractivity contribution >= 4 is 58.6 Å². The van der Waals surface area contributed by atoms with Gasteiger partial charge in [-0.15, -0.1) is 0 Å². The Morgan fingerprint density at radius 2 is 0.907 bits per heavy atom. The molecule has 0 saturated carbocycles. The number of halogens is 6. The van der Waals surface area contributed by atoms with Crippen LogP contribution in [0.4, 0.5) is 49.6 Å². The van der Waals surface area contributed by atoms with Crippen molar-refractivity contribution < 1.29 is 94.8 Å². The molecule has 4 aromatic heterocycles. The maximum absolute atomic E-state index is 14.0. The number of carbonyl (C=O) groups is 6. The summed E-state index contributed by atoms with van der Waals surface area (Å²) in [6, 6.07) is 23.5. The molecule has 108 heavy (non-hydrogen) atoms. The number of hydrogen-bond donors (Lipinski definition) is 3. The van der Waals surface area contributed by atoms with Gasteiger partial charge in [0.05, 0.1) is 42.5 Å². The monoisotopic (exact) mass is 1500 g/mol. The van der Waals surface area contributed by atoms with Crippen LogP contribution in [0.5, 0.6) is 0 Å². The number of ether oxygens (including phenoxy) is 1. The largest absolute Gasteiger partial charge is 1.00 e. The molecule has 0 spiro atoms. The van der Waals surface area contributed by atoms with Gasteiger partial charge in [0, 0.05) is 115 Å². The summed E-state index contributed by atoms with van der Waals surface area (Å²) in [4.78, 5) is 113.